The van der Waals surface area contributed by atoms with Crippen LogP contribution in [0.3, 0.4) is 0 Å². The Labute approximate surface area is 144 Å². The van der Waals surface area contributed by atoms with Crippen LogP contribution in [-0.4, -0.2) is 10.9 Å². The molecule has 0 radical (unpaired) electrons. The number of halogens is 1. The molecule has 1 amide bonds. The van der Waals surface area contributed by atoms with Gasteiger partial charge in [0, 0.05) is 29.1 Å². The van der Waals surface area contributed by atoms with Crippen molar-refractivity contribution in [1.29, 1.82) is 0 Å². The van der Waals surface area contributed by atoms with Crippen LogP contribution in [0.25, 0.3) is 10.9 Å². The third-order valence-corrected chi connectivity index (χ3v) is 4.07. The van der Waals surface area contributed by atoms with E-state index in [1.807, 2.05) is 48.5 Å². The molecule has 5 heteroatoms. The normalized spacial score (nSPS) is 10.7. The summed E-state index contributed by atoms with van der Waals surface area (Å²) in [5, 5.41) is 4.40. The molecule has 0 aliphatic rings. The van der Waals surface area contributed by atoms with E-state index in [-0.39, 0.29) is 18.0 Å². The van der Waals surface area contributed by atoms with Crippen molar-refractivity contribution in [3.63, 3.8) is 0 Å². The highest BCUT2D eigenvalue weighted by Crippen LogP contribution is 2.12. The molecule has 0 saturated heterocycles. The zero-order chi connectivity index (χ0) is 16.9. The van der Waals surface area contributed by atoms with E-state index in [2.05, 4.69) is 10.3 Å². The van der Waals surface area contributed by atoms with E-state index >= 15 is 0 Å². The van der Waals surface area contributed by atoms with Gasteiger partial charge in [-0.1, -0.05) is 41.9 Å². The molecule has 24 heavy (non-hydrogen) atoms. The summed E-state index contributed by atoms with van der Waals surface area (Å²) in [5.74, 6) is -0.0949. The minimum Gasteiger partial charge on any atom is -0.352 e. The van der Waals surface area contributed by atoms with Gasteiger partial charge in [0.2, 0.25) is 5.91 Å². The molecule has 0 saturated carbocycles. The van der Waals surface area contributed by atoms with Crippen LogP contribution in [0, 0.1) is 0 Å². The van der Waals surface area contributed by atoms with Crippen molar-refractivity contribution in [2.45, 2.75) is 19.4 Å². The van der Waals surface area contributed by atoms with Gasteiger partial charge < -0.3 is 10.3 Å². The number of aromatic nitrogens is 1. The molecule has 2 N–H and O–H groups in total. The van der Waals surface area contributed by atoms with Crippen LogP contribution in [0.15, 0.2) is 59.4 Å². The fourth-order valence-corrected chi connectivity index (χ4v) is 2.77. The van der Waals surface area contributed by atoms with Crippen LogP contribution in [-0.2, 0) is 17.8 Å². The number of fused-ring (bicyclic) bond motifs is 1. The fraction of sp³-hybridized carbons (Fsp3) is 0.158. The summed E-state index contributed by atoms with van der Waals surface area (Å²) in [5.41, 5.74) is 2.17. The highest BCUT2D eigenvalue weighted by molar-refractivity contribution is 6.30. The number of aryl methyl sites for hydroxylation is 1. The first kappa shape index (κ1) is 16.3. The molecule has 1 aromatic heterocycles. The number of carbonyl (C=O) groups is 1. The van der Waals surface area contributed by atoms with Gasteiger partial charge in [-0.05, 0) is 41.6 Å². The number of hydrogen-bond donors (Lipinski definition) is 2. The smallest absolute Gasteiger partial charge is 0.253 e. The number of rotatable bonds is 5. The topological polar surface area (TPSA) is 62.0 Å². The summed E-state index contributed by atoms with van der Waals surface area (Å²) in [6, 6.07) is 16.8. The number of hydrogen-bond acceptors (Lipinski definition) is 2. The van der Waals surface area contributed by atoms with Gasteiger partial charge in [0.25, 0.3) is 5.56 Å². The predicted molar refractivity (Wildman–Crippen MR) is 96.2 cm³/mol. The summed E-state index contributed by atoms with van der Waals surface area (Å²) in [4.78, 5) is 26.9. The summed E-state index contributed by atoms with van der Waals surface area (Å²) in [6.45, 7) is 0.217. The number of benzene rings is 2. The highest BCUT2D eigenvalue weighted by atomic mass is 35.5. The van der Waals surface area contributed by atoms with E-state index in [0.717, 1.165) is 16.5 Å². The van der Waals surface area contributed by atoms with E-state index in [4.69, 9.17) is 11.6 Å². The van der Waals surface area contributed by atoms with E-state index in [1.54, 1.807) is 6.07 Å². The fourth-order valence-electron chi connectivity index (χ4n) is 2.56. The molecule has 4 nitrogen and oxygen atoms in total. The molecule has 0 bridgehead atoms. The predicted octanol–water partition coefficient (Wildman–Crippen LogP) is 3.43. The number of pyridine rings is 1. The van der Waals surface area contributed by atoms with Crippen molar-refractivity contribution in [2.75, 3.05) is 0 Å². The molecule has 0 aliphatic heterocycles. The lowest BCUT2D eigenvalue weighted by atomic mass is 10.1. The van der Waals surface area contributed by atoms with Crippen LogP contribution in [0.4, 0.5) is 0 Å². The highest BCUT2D eigenvalue weighted by Gasteiger charge is 2.06. The SMILES string of the molecule is O=C(CCc1cccc(Cl)c1)NCc1cc2ccccc2[nH]c1=O. The van der Waals surface area contributed by atoms with E-state index in [9.17, 15) is 9.59 Å². The van der Waals surface area contributed by atoms with Crippen molar-refractivity contribution >= 4 is 28.4 Å². The third kappa shape index (κ3) is 4.03. The largest absolute Gasteiger partial charge is 0.352 e. The van der Waals surface area contributed by atoms with Crippen LogP contribution < -0.4 is 10.9 Å². The molecule has 0 aliphatic carbocycles. The number of H-pyrrole nitrogens is 1. The molecule has 0 atom stereocenters. The van der Waals surface area contributed by atoms with Crippen molar-refractivity contribution in [3.8, 4) is 0 Å². The number of para-hydroxylation sites is 1. The lowest BCUT2D eigenvalue weighted by Gasteiger charge is -2.06. The van der Waals surface area contributed by atoms with Gasteiger partial charge in [0.05, 0.1) is 0 Å². The van der Waals surface area contributed by atoms with Crippen molar-refractivity contribution in [3.05, 3.63) is 81.1 Å². The second kappa shape index (κ2) is 7.32. The summed E-state index contributed by atoms with van der Waals surface area (Å²) in [7, 11) is 0. The van der Waals surface area contributed by atoms with Crippen LogP contribution >= 0.6 is 11.6 Å². The zero-order valence-corrected chi connectivity index (χ0v) is 13.8. The average Bonchev–Trinajstić information content (AvgIpc) is 2.58. The molecule has 3 aromatic rings. The molecular formula is C19H17ClN2O2. The average molecular weight is 341 g/mol. The van der Waals surface area contributed by atoms with Gasteiger partial charge in [-0.25, -0.2) is 0 Å². The third-order valence-electron chi connectivity index (χ3n) is 3.84. The second-order valence-corrected chi connectivity index (χ2v) is 6.05. The van der Waals surface area contributed by atoms with E-state index < -0.39 is 0 Å². The number of amides is 1. The van der Waals surface area contributed by atoms with Gasteiger partial charge in [-0.3, -0.25) is 9.59 Å². The molecule has 0 fully saturated rings. The van der Waals surface area contributed by atoms with Gasteiger partial charge in [0.1, 0.15) is 0 Å². The molecular weight excluding hydrogens is 324 g/mol. The quantitative estimate of drug-likeness (QED) is 0.747. The lowest BCUT2D eigenvalue weighted by Crippen LogP contribution is -2.26. The Morgan fingerprint density at radius 2 is 1.92 bits per heavy atom. The van der Waals surface area contributed by atoms with E-state index in [1.165, 1.54) is 0 Å². The van der Waals surface area contributed by atoms with Gasteiger partial charge >= 0.3 is 0 Å². The van der Waals surface area contributed by atoms with Crippen molar-refractivity contribution in [1.82, 2.24) is 10.3 Å². The maximum absolute atomic E-state index is 12.0. The Balaban J connectivity index is 1.60. The van der Waals surface area contributed by atoms with Gasteiger partial charge in [0.15, 0.2) is 0 Å². The van der Waals surface area contributed by atoms with Crippen molar-refractivity contribution in [2.24, 2.45) is 0 Å². The zero-order valence-electron chi connectivity index (χ0n) is 13.0. The summed E-state index contributed by atoms with van der Waals surface area (Å²) >= 11 is 5.93. The Bertz CT molecular complexity index is 934. The molecule has 2 aromatic carbocycles. The lowest BCUT2D eigenvalue weighted by molar-refractivity contribution is -0.121. The first-order chi connectivity index (χ1) is 11.6. The Morgan fingerprint density at radius 3 is 2.75 bits per heavy atom. The van der Waals surface area contributed by atoms with Crippen LogP contribution in [0.5, 0.6) is 0 Å². The maximum Gasteiger partial charge on any atom is 0.253 e. The first-order valence-corrected chi connectivity index (χ1v) is 8.12. The molecule has 0 spiro atoms. The summed E-state index contributed by atoms with van der Waals surface area (Å²) in [6.07, 6.45) is 0.965. The Morgan fingerprint density at radius 1 is 1.08 bits per heavy atom. The molecule has 0 unspecified atom stereocenters. The monoisotopic (exact) mass is 340 g/mol. The first-order valence-electron chi connectivity index (χ1n) is 7.74. The Hall–Kier alpha value is -2.59. The van der Waals surface area contributed by atoms with Crippen LogP contribution in [0.2, 0.25) is 5.02 Å². The summed E-state index contributed by atoms with van der Waals surface area (Å²) < 4.78 is 0. The van der Waals surface area contributed by atoms with Crippen molar-refractivity contribution < 1.29 is 4.79 Å². The van der Waals surface area contributed by atoms with Crippen LogP contribution in [0.1, 0.15) is 17.5 Å². The minimum absolute atomic E-state index is 0.0949. The van der Waals surface area contributed by atoms with E-state index in [0.29, 0.717) is 23.4 Å². The number of nitrogens with one attached hydrogen (secondary N) is 2. The molecule has 122 valence electrons. The van der Waals surface area contributed by atoms with Gasteiger partial charge in [-0.2, -0.15) is 0 Å². The Kier molecular flexibility index (Phi) is 4.96. The number of carbonyl (C=O) groups excluding carboxylic acids is 1. The molecule has 3 rings (SSSR count). The minimum atomic E-state index is -0.177. The second-order valence-electron chi connectivity index (χ2n) is 5.62. The molecule has 1 heterocycles. The standard InChI is InChI=1S/C19H17ClN2O2/c20-16-6-3-4-13(10-16)8-9-18(23)21-12-15-11-14-5-1-2-7-17(14)22-19(15)24/h1-7,10-11H,8-9,12H2,(H,21,23)(H,22,24). The van der Waals surface area contributed by atoms with Gasteiger partial charge in [-0.15, -0.1) is 0 Å². The maximum atomic E-state index is 12.0. The number of aromatic amines is 1.